The van der Waals surface area contributed by atoms with E-state index in [1.54, 1.807) is 0 Å². The van der Waals surface area contributed by atoms with Crippen molar-refractivity contribution < 1.29 is 28.6 Å². The van der Waals surface area contributed by atoms with E-state index in [0.29, 0.717) is 19.3 Å². The average Bonchev–Trinajstić information content (AvgIpc) is 3.33. The van der Waals surface area contributed by atoms with Crippen LogP contribution in [-0.4, -0.2) is 37.2 Å². The number of ether oxygens (including phenoxy) is 3. The van der Waals surface area contributed by atoms with E-state index in [2.05, 4.69) is 39.0 Å². The quantitative estimate of drug-likeness (QED) is 0.0199. The molecule has 1 unspecified atom stereocenters. The fourth-order valence-corrected chi connectivity index (χ4v) is 8.06. The third kappa shape index (κ3) is 53.7. The molecule has 0 N–H and O–H groups in total. The van der Waals surface area contributed by atoms with Gasteiger partial charge in [0.25, 0.3) is 0 Å². The normalized spacial score (nSPS) is 12.6. The molecule has 1 atom stereocenters. The van der Waals surface area contributed by atoms with Gasteiger partial charge in [-0.3, -0.25) is 14.4 Å². The van der Waals surface area contributed by atoms with E-state index in [1.807, 2.05) is 54.7 Å². The number of hydrogen-bond acceptors (Lipinski definition) is 6. The number of carbonyl (C=O) groups is 3. The Hall–Kier alpha value is -3.15. The first-order chi connectivity index (χ1) is 33.0. The van der Waals surface area contributed by atoms with Gasteiger partial charge in [-0.25, -0.2) is 0 Å². The first-order valence-electron chi connectivity index (χ1n) is 28.5. The van der Waals surface area contributed by atoms with Crippen LogP contribution in [0, 0.1) is 0 Å². The van der Waals surface area contributed by atoms with E-state index in [4.69, 9.17) is 14.2 Å². The average molecular weight is 936 g/mol. The van der Waals surface area contributed by atoms with Crippen LogP contribution >= 0.6 is 0 Å². The molecule has 0 heterocycles. The molecule has 0 saturated carbocycles. The first kappa shape index (κ1) is 63.8. The van der Waals surface area contributed by atoms with Gasteiger partial charge in [0.05, 0.1) is 0 Å². The minimum Gasteiger partial charge on any atom is -0.462 e. The predicted molar refractivity (Wildman–Crippen MR) is 288 cm³/mol. The smallest absolute Gasteiger partial charge is 0.306 e. The van der Waals surface area contributed by atoms with Gasteiger partial charge in [0, 0.05) is 19.3 Å². The lowest BCUT2D eigenvalue weighted by molar-refractivity contribution is -0.167. The van der Waals surface area contributed by atoms with E-state index in [0.717, 1.165) is 51.4 Å². The maximum Gasteiger partial charge on any atom is 0.306 e. The van der Waals surface area contributed by atoms with Crippen molar-refractivity contribution >= 4 is 17.9 Å². The highest BCUT2D eigenvalue weighted by Gasteiger charge is 2.19. The lowest BCUT2D eigenvalue weighted by atomic mass is 10.0. The van der Waals surface area contributed by atoms with Crippen molar-refractivity contribution in [3.63, 3.8) is 0 Å². The highest BCUT2D eigenvalue weighted by molar-refractivity contribution is 5.71. The summed E-state index contributed by atoms with van der Waals surface area (Å²) in [5, 5.41) is 0. The van der Waals surface area contributed by atoms with Crippen molar-refractivity contribution in [1.82, 2.24) is 0 Å². The summed E-state index contributed by atoms with van der Waals surface area (Å²) in [5.74, 6) is -0.970. The van der Waals surface area contributed by atoms with Crippen molar-refractivity contribution in [2.75, 3.05) is 13.2 Å². The maximum atomic E-state index is 12.8. The standard InChI is InChI=1S/C61H106O6/c1-4-7-10-13-16-19-22-25-27-29-30-32-33-36-39-42-45-48-51-54-60(63)66-57-58(56-65-59(62)53-50-47-44-41-38-35-24-21-18-15-12-9-6-3)67-61(64)55-52-49-46-43-40-37-34-31-28-26-23-20-17-14-11-8-5-2/h9,12,15,18,21,24,26,28,35,38,41,44,58H,4-8,10-11,13-14,16-17,19-20,22-23,25,27,29-34,36-37,39-40,42-43,45-57H2,1-3H3/b12-9-,18-15-,24-21-,28-26-,38-35-,44-41-. The maximum absolute atomic E-state index is 12.8. The number of unbranched alkanes of at least 4 members (excludes halogenated alkanes) is 32. The number of esters is 3. The Balaban J connectivity index is 4.40. The molecule has 0 saturated heterocycles. The van der Waals surface area contributed by atoms with Crippen LogP contribution in [0.2, 0.25) is 0 Å². The van der Waals surface area contributed by atoms with Crippen LogP contribution < -0.4 is 0 Å². The molecule has 0 aromatic rings. The third-order valence-electron chi connectivity index (χ3n) is 12.3. The van der Waals surface area contributed by atoms with Crippen molar-refractivity contribution in [1.29, 1.82) is 0 Å². The van der Waals surface area contributed by atoms with Crippen LogP contribution in [0.1, 0.15) is 278 Å². The lowest BCUT2D eigenvalue weighted by Crippen LogP contribution is -2.30. The number of carbonyl (C=O) groups excluding carboxylic acids is 3. The van der Waals surface area contributed by atoms with Gasteiger partial charge in [0.15, 0.2) is 6.10 Å². The predicted octanol–water partition coefficient (Wildman–Crippen LogP) is 19.0. The van der Waals surface area contributed by atoms with E-state index in [9.17, 15) is 14.4 Å². The van der Waals surface area contributed by atoms with Crippen LogP contribution in [0.3, 0.4) is 0 Å². The molecule has 0 aliphatic rings. The molecule has 6 heteroatoms. The second-order valence-corrected chi connectivity index (χ2v) is 18.9. The van der Waals surface area contributed by atoms with Crippen molar-refractivity contribution in [3.8, 4) is 0 Å². The summed E-state index contributed by atoms with van der Waals surface area (Å²) < 4.78 is 16.8. The van der Waals surface area contributed by atoms with Crippen molar-refractivity contribution in [2.45, 2.75) is 284 Å². The molecule has 0 aliphatic heterocycles. The summed E-state index contributed by atoms with van der Waals surface area (Å²) in [6.45, 7) is 6.45. The topological polar surface area (TPSA) is 78.9 Å². The Bertz CT molecular complexity index is 1260. The van der Waals surface area contributed by atoms with Gasteiger partial charge in [-0.05, 0) is 57.8 Å². The van der Waals surface area contributed by atoms with E-state index in [-0.39, 0.29) is 37.5 Å². The molecule has 0 aliphatic carbocycles. The van der Waals surface area contributed by atoms with Gasteiger partial charge in [0.2, 0.25) is 0 Å². The van der Waals surface area contributed by atoms with Gasteiger partial charge in [-0.15, -0.1) is 0 Å². The Labute approximate surface area is 414 Å². The molecule has 0 radical (unpaired) electrons. The van der Waals surface area contributed by atoms with Gasteiger partial charge < -0.3 is 14.2 Å². The largest absolute Gasteiger partial charge is 0.462 e. The van der Waals surface area contributed by atoms with Gasteiger partial charge >= 0.3 is 17.9 Å². The Morgan fingerprint density at radius 2 is 0.612 bits per heavy atom. The molecule has 0 bridgehead atoms. The van der Waals surface area contributed by atoms with E-state index in [1.165, 1.54) is 180 Å². The Morgan fingerprint density at radius 1 is 0.313 bits per heavy atom. The molecule has 0 amide bonds. The summed E-state index contributed by atoms with van der Waals surface area (Å²) in [5.41, 5.74) is 0. The van der Waals surface area contributed by atoms with Crippen LogP contribution in [0.15, 0.2) is 72.9 Å². The molecule has 0 aromatic carbocycles. The molecule has 386 valence electrons. The highest BCUT2D eigenvalue weighted by atomic mass is 16.6. The third-order valence-corrected chi connectivity index (χ3v) is 12.3. The number of rotatable bonds is 51. The minimum atomic E-state index is -0.805. The van der Waals surface area contributed by atoms with Crippen LogP contribution in [0.25, 0.3) is 0 Å². The summed E-state index contributed by atoms with van der Waals surface area (Å²) >= 11 is 0. The minimum absolute atomic E-state index is 0.0973. The van der Waals surface area contributed by atoms with Crippen molar-refractivity contribution in [3.05, 3.63) is 72.9 Å². The molecular formula is C61H106O6. The monoisotopic (exact) mass is 935 g/mol. The second-order valence-electron chi connectivity index (χ2n) is 18.9. The summed E-state index contributed by atoms with van der Waals surface area (Å²) in [6, 6.07) is 0. The molecule has 0 fully saturated rings. The Morgan fingerprint density at radius 3 is 1.00 bits per heavy atom. The number of hydrogen-bond donors (Lipinski definition) is 0. The SMILES string of the molecule is CC\C=C/C=C\C=C/C=C\C=C/CCCC(=O)OCC(COC(=O)CCCCCCCCCCCCCCCCCCCCC)OC(=O)CCCCCCCCC/C=C\CCCCCCCC. The fourth-order valence-electron chi connectivity index (χ4n) is 8.06. The molecule has 67 heavy (non-hydrogen) atoms. The van der Waals surface area contributed by atoms with E-state index >= 15 is 0 Å². The van der Waals surface area contributed by atoms with E-state index < -0.39 is 6.10 Å². The van der Waals surface area contributed by atoms with Gasteiger partial charge in [-0.1, -0.05) is 273 Å². The fraction of sp³-hybridized carbons (Fsp3) is 0.754. The lowest BCUT2D eigenvalue weighted by Gasteiger charge is -2.18. The second kappa shape index (κ2) is 55.4. The summed E-state index contributed by atoms with van der Waals surface area (Å²) in [4.78, 5) is 38.1. The zero-order chi connectivity index (χ0) is 48.6. The first-order valence-corrected chi connectivity index (χ1v) is 28.5. The highest BCUT2D eigenvalue weighted by Crippen LogP contribution is 2.16. The van der Waals surface area contributed by atoms with Gasteiger partial charge in [0.1, 0.15) is 13.2 Å². The number of allylic oxidation sites excluding steroid dienone is 12. The van der Waals surface area contributed by atoms with Crippen molar-refractivity contribution in [2.24, 2.45) is 0 Å². The zero-order valence-corrected chi connectivity index (χ0v) is 44.2. The molecule has 0 spiro atoms. The summed E-state index contributed by atoms with van der Waals surface area (Å²) in [6.07, 6.45) is 70.5. The molecule has 6 nitrogen and oxygen atoms in total. The zero-order valence-electron chi connectivity index (χ0n) is 44.2. The molecule has 0 aromatic heterocycles. The molecule has 0 rings (SSSR count). The van der Waals surface area contributed by atoms with Crippen LogP contribution in [-0.2, 0) is 28.6 Å². The van der Waals surface area contributed by atoms with Gasteiger partial charge in [-0.2, -0.15) is 0 Å². The van der Waals surface area contributed by atoms with Crippen LogP contribution in [0.5, 0.6) is 0 Å². The molecular weight excluding hydrogens is 829 g/mol. The Kier molecular flexibility index (Phi) is 52.8. The van der Waals surface area contributed by atoms with Crippen LogP contribution in [0.4, 0.5) is 0 Å². The summed E-state index contributed by atoms with van der Waals surface area (Å²) in [7, 11) is 0.